The fourth-order valence-electron chi connectivity index (χ4n) is 1.64. The van der Waals surface area contributed by atoms with Gasteiger partial charge in [0, 0.05) is 37.8 Å². The van der Waals surface area contributed by atoms with Gasteiger partial charge >= 0.3 is 0 Å². The number of anilines is 1. The Bertz CT molecular complexity index is 489. The van der Waals surface area contributed by atoms with Gasteiger partial charge in [-0.15, -0.1) is 0 Å². The molecule has 0 fully saturated rings. The van der Waals surface area contributed by atoms with E-state index in [1.54, 1.807) is 19.5 Å². The van der Waals surface area contributed by atoms with Gasteiger partial charge in [-0.3, -0.25) is 4.98 Å². The maximum atomic E-state index is 5.56. The van der Waals surface area contributed by atoms with Gasteiger partial charge in [0.05, 0.1) is 6.61 Å². The van der Waals surface area contributed by atoms with Gasteiger partial charge in [-0.2, -0.15) is 0 Å². The van der Waals surface area contributed by atoms with Crippen LogP contribution in [0.4, 0.5) is 5.69 Å². The molecule has 0 radical (unpaired) electrons. The molecule has 0 spiro atoms. The summed E-state index contributed by atoms with van der Waals surface area (Å²) in [5.74, 6) is 0.844. The normalized spacial score (nSPS) is 10.2. The molecule has 1 heterocycles. The summed E-state index contributed by atoms with van der Waals surface area (Å²) in [5, 5.41) is 3.35. The predicted octanol–water partition coefficient (Wildman–Crippen LogP) is 2.72. The van der Waals surface area contributed by atoms with Crippen molar-refractivity contribution >= 4 is 5.69 Å². The number of hydrogen-bond acceptors (Lipinski definition) is 4. The standard InChI is InChI=1S/C15H18N2O2/c1-18-9-10-19-15-4-2-3-14(11-15)17-12-13-5-7-16-8-6-13/h2-8,11,17H,9-10,12H2,1H3. The first-order chi connectivity index (χ1) is 9.38. The topological polar surface area (TPSA) is 43.4 Å². The zero-order chi connectivity index (χ0) is 13.3. The lowest BCUT2D eigenvalue weighted by molar-refractivity contribution is 0.146. The Morgan fingerprint density at radius 2 is 1.95 bits per heavy atom. The third-order valence-electron chi connectivity index (χ3n) is 2.64. The van der Waals surface area contributed by atoms with E-state index in [1.165, 1.54) is 5.56 Å². The molecule has 0 aliphatic carbocycles. The van der Waals surface area contributed by atoms with Crippen LogP contribution in [0.5, 0.6) is 5.75 Å². The van der Waals surface area contributed by atoms with Gasteiger partial charge in [-0.05, 0) is 29.8 Å². The van der Waals surface area contributed by atoms with Crippen LogP contribution >= 0.6 is 0 Å². The first-order valence-corrected chi connectivity index (χ1v) is 6.23. The fraction of sp³-hybridized carbons (Fsp3) is 0.267. The second kappa shape index (κ2) is 7.38. The maximum absolute atomic E-state index is 5.56. The van der Waals surface area contributed by atoms with Gasteiger partial charge < -0.3 is 14.8 Å². The van der Waals surface area contributed by atoms with E-state index in [0.717, 1.165) is 18.0 Å². The summed E-state index contributed by atoms with van der Waals surface area (Å²) in [6.07, 6.45) is 3.59. The van der Waals surface area contributed by atoms with E-state index in [1.807, 2.05) is 36.4 Å². The molecule has 0 aliphatic rings. The Hall–Kier alpha value is -2.07. The van der Waals surface area contributed by atoms with Gasteiger partial charge in [0.15, 0.2) is 0 Å². The number of methoxy groups -OCH3 is 1. The molecule has 0 atom stereocenters. The van der Waals surface area contributed by atoms with Crippen LogP contribution in [0.25, 0.3) is 0 Å². The number of aromatic nitrogens is 1. The largest absolute Gasteiger partial charge is 0.491 e. The number of ether oxygens (including phenoxy) is 2. The van der Waals surface area contributed by atoms with E-state index < -0.39 is 0 Å². The van der Waals surface area contributed by atoms with Gasteiger partial charge in [0.2, 0.25) is 0 Å². The number of nitrogens with zero attached hydrogens (tertiary/aromatic N) is 1. The van der Waals surface area contributed by atoms with Crippen LogP contribution in [0.2, 0.25) is 0 Å². The van der Waals surface area contributed by atoms with E-state index in [9.17, 15) is 0 Å². The minimum absolute atomic E-state index is 0.560. The zero-order valence-corrected chi connectivity index (χ0v) is 11.0. The molecule has 2 rings (SSSR count). The highest BCUT2D eigenvalue weighted by atomic mass is 16.5. The first kappa shape index (κ1) is 13.4. The number of hydrogen-bond donors (Lipinski definition) is 1. The summed E-state index contributed by atoms with van der Waals surface area (Å²) in [7, 11) is 1.66. The second-order valence-electron chi connectivity index (χ2n) is 4.08. The molecule has 4 nitrogen and oxygen atoms in total. The molecular formula is C15H18N2O2. The van der Waals surface area contributed by atoms with Crippen molar-refractivity contribution in [2.75, 3.05) is 25.6 Å². The summed E-state index contributed by atoms with van der Waals surface area (Å²) < 4.78 is 10.5. The summed E-state index contributed by atoms with van der Waals surface area (Å²) in [4.78, 5) is 4.00. The first-order valence-electron chi connectivity index (χ1n) is 6.23. The maximum Gasteiger partial charge on any atom is 0.121 e. The van der Waals surface area contributed by atoms with Crippen LogP contribution in [-0.4, -0.2) is 25.3 Å². The van der Waals surface area contributed by atoms with Gasteiger partial charge in [0.25, 0.3) is 0 Å². The molecule has 100 valence electrons. The minimum atomic E-state index is 0.560. The predicted molar refractivity (Wildman–Crippen MR) is 75.4 cm³/mol. The molecule has 1 aromatic carbocycles. The molecule has 0 aliphatic heterocycles. The van der Waals surface area contributed by atoms with E-state index in [4.69, 9.17) is 9.47 Å². The van der Waals surface area contributed by atoms with Crippen LogP contribution in [0.1, 0.15) is 5.56 Å². The van der Waals surface area contributed by atoms with Crippen molar-refractivity contribution in [1.29, 1.82) is 0 Å². The Morgan fingerprint density at radius 3 is 2.74 bits per heavy atom. The number of rotatable bonds is 7. The zero-order valence-electron chi connectivity index (χ0n) is 11.0. The highest BCUT2D eigenvalue weighted by Gasteiger charge is 1.97. The summed E-state index contributed by atoms with van der Waals surface area (Å²) >= 11 is 0. The van der Waals surface area contributed by atoms with E-state index in [-0.39, 0.29) is 0 Å². The lowest BCUT2D eigenvalue weighted by Crippen LogP contribution is -2.05. The third-order valence-corrected chi connectivity index (χ3v) is 2.64. The van der Waals surface area contributed by atoms with Crippen LogP contribution in [0, 0.1) is 0 Å². The molecule has 2 aromatic rings. The molecule has 0 amide bonds. The molecule has 1 aromatic heterocycles. The van der Waals surface area contributed by atoms with Crippen LogP contribution in [0.15, 0.2) is 48.8 Å². The highest BCUT2D eigenvalue weighted by Crippen LogP contribution is 2.17. The van der Waals surface area contributed by atoms with Gasteiger partial charge in [0.1, 0.15) is 12.4 Å². The molecule has 0 bridgehead atoms. The Morgan fingerprint density at radius 1 is 1.11 bits per heavy atom. The van der Waals surface area contributed by atoms with Crippen molar-refractivity contribution in [2.24, 2.45) is 0 Å². The molecule has 1 N–H and O–H groups in total. The Kier molecular flexibility index (Phi) is 5.19. The van der Waals surface area contributed by atoms with E-state index in [2.05, 4.69) is 10.3 Å². The molecule has 0 saturated heterocycles. The quantitative estimate of drug-likeness (QED) is 0.775. The summed E-state index contributed by atoms with van der Waals surface area (Å²) in [6.45, 7) is 1.92. The molecule has 0 saturated carbocycles. The monoisotopic (exact) mass is 258 g/mol. The lowest BCUT2D eigenvalue weighted by Gasteiger charge is -2.09. The summed E-state index contributed by atoms with van der Waals surface area (Å²) in [6, 6.07) is 11.9. The fourth-order valence-corrected chi connectivity index (χ4v) is 1.64. The third kappa shape index (κ3) is 4.60. The van der Waals surface area contributed by atoms with Crippen molar-refractivity contribution in [2.45, 2.75) is 6.54 Å². The molecule has 4 heteroatoms. The average Bonchev–Trinajstić information content (AvgIpc) is 2.47. The smallest absolute Gasteiger partial charge is 0.121 e. The Labute approximate surface area is 113 Å². The number of nitrogens with one attached hydrogen (secondary N) is 1. The van der Waals surface area contributed by atoms with E-state index >= 15 is 0 Å². The number of benzene rings is 1. The van der Waals surface area contributed by atoms with Crippen LogP contribution < -0.4 is 10.1 Å². The van der Waals surface area contributed by atoms with Crippen LogP contribution in [-0.2, 0) is 11.3 Å². The summed E-state index contributed by atoms with van der Waals surface area (Å²) in [5.41, 5.74) is 2.23. The minimum Gasteiger partial charge on any atom is -0.491 e. The molecule has 0 unspecified atom stereocenters. The number of pyridine rings is 1. The second-order valence-corrected chi connectivity index (χ2v) is 4.08. The van der Waals surface area contributed by atoms with Gasteiger partial charge in [-0.1, -0.05) is 6.07 Å². The lowest BCUT2D eigenvalue weighted by atomic mass is 10.2. The molecule has 19 heavy (non-hydrogen) atoms. The van der Waals surface area contributed by atoms with Crippen molar-refractivity contribution in [3.8, 4) is 5.75 Å². The van der Waals surface area contributed by atoms with Crippen molar-refractivity contribution in [3.05, 3.63) is 54.4 Å². The van der Waals surface area contributed by atoms with Crippen molar-refractivity contribution < 1.29 is 9.47 Å². The molecular weight excluding hydrogens is 240 g/mol. The highest BCUT2D eigenvalue weighted by molar-refractivity contribution is 5.48. The van der Waals surface area contributed by atoms with Crippen molar-refractivity contribution in [3.63, 3.8) is 0 Å². The SMILES string of the molecule is COCCOc1cccc(NCc2ccncc2)c1. The average molecular weight is 258 g/mol. The Balaban J connectivity index is 1.88. The van der Waals surface area contributed by atoms with Gasteiger partial charge in [-0.25, -0.2) is 0 Å². The van der Waals surface area contributed by atoms with Crippen molar-refractivity contribution in [1.82, 2.24) is 4.98 Å². The van der Waals surface area contributed by atoms with E-state index in [0.29, 0.717) is 13.2 Å². The van der Waals surface area contributed by atoms with Crippen LogP contribution in [0.3, 0.4) is 0 Å².